The molecule has 0 bridgehead atoms. The zero-order valence-electron chi connectivity index (χ0n) is 11.0. The first-order chi connectivity index (χ1) is 9.38. The molecule has 1 fully saturated rings. The van der Waals surface area contributed by atoms with Crippen LogP contribution in [0.4, 0.5) is 0 Å². The van der Waals surface area contributed by atoms with Gasteiger partial charge in [-0.15, -0.1) is 0 Å². The summed E-state index contributed by atoms with van der Waals surface area (Å²) in [6.45, 7) is 2.29. The summed E-state index contributed by atoms with van der Waals surface area (Å²) in [5.74, 6) is 0. The van der Waals surface area contributed by atoms with Crippen molar-refractivity contribution in [2.75, 3.05) is 19.8 Å². The van der Waals surface area contributed by atoms with Crippen LogP contribution in [0.25, 0.3) is 6.08 Å². The van der Waals surface area contributed by atoms with Gasteiger partial charge in [0.1, 0.15) is 6.23 Å². The number of ether oxygens (including phenoxy) is 2. The van der Waals surface area contributed by atoms with Crippen LogP contribution in [0.1, 0.15) is 12.0 Å². The van der Waals surface area contributed by atoms with Crippen LogP contribution >= 0.6 is 0 Å². The van der Waals surface area contributed by atoms with Gasteiger partial charge in [-0.05, 0) is 18.1 Å². The minimum atomic E-state index is -0.00962. The minimum Gasteiger partial charge on any atom is -0.379 e. The molecule has 3 radical (unpaired) electrons. The van der Waals surface area contributed by atoms with E-state index in [4.69, 9.17) is 9.47 Å². The van der Waals surface area contributed by atoms with E-state index in [0.29, 0.717) is 6.61 Å². The van der Waals surface area contributed by atoms with E-state index >= 15 is 0 Å². The first kappa shape index (κ1) is 14.5. The Morgan fingerprint density at radius 3 is 3.00 bits per heavy atom. The molecule has 4 heteroatoms. The van der Waals surface area contributed by atoms with Crippen LogP contribution in [0.2, 0.25) is 6.04 Å². The quantitative estimate of drug-likeness (QED) is 0.609. The van der Waals surface area contributed by atoms with Crippen molar-refractivity contribution in [3.05, 3.63) is 42.0 Å². The van der Waals surface area contributed by atoms with Gasteiger partial charge in [-0.3, -0.25) is 5.32 Å². The first-order valence-electron chi connectivity index (χ1n) is 6.73. The second kappa shape index (κ2) is 8.27. The van der Waals surface area contributed by atoms with Crippen LogP contribution in [0.5, 0.6) is 0 Å². The highest BCUT2D eigenvalue weighted by Crippen LogP contribution is 2.09. The summed E-state index contributed by atoms with van der Waals surface area (Å²) >= 11 is 0. The summed E-state index contributed by atoms with van der Waals surface area (Å²) in [6, 6.07) is 11.2. The van der Waals surface area contributed by atoms with Gasteiger partial charge >= 0.3 is 0 Å². The van der Waals surface area contributed by atoms with Crippen LogP contribution in [-0.2, 0) is 9.47 Å². The fraction of sp³-hybridized carbons (Fsp3) is 0.467. The molecule has 3 nitrogen and oxygen atoms in total. The number of rotatable bonds is 7. The maximum Gasteiger partial charge on any atom is 0.128 e. The number of hydrogen-bond donors (Lipinski definition) is 1. The molecule has 1 aromatic carbocycles. The smallest absolute Gasteiger partial charge is 0.128 e. The topological polar surface area (TPSA) is 30.5 Å². The maximum absolute atomic E-state index is 5.83. The number of hydrogen-bond acceptors (Lipinski definition) is 3. The van der Waals surface area contributed by atoms with E-state index in [1.807, 2.05) is 24.3 Å². The Morgan fingerprint density at radius 2 is 2.21 bits per heavy atom. The number of nitrogens with one attached hydrogen (secondary N) is 1. The summed E-state index contributed by atoms with van der Waals surface area (Å²) < 4.78 is 11.4. The Bertz CT molecular complexity index is 383. The van der Waals surface area contributed by atoms with Gasteiger partial charge in [-0.2, -0.15) is 0 Å². The van der Waals surface area contributed by atoms with E-state index in [9.17, 15) is 0 Å². The maximum atomic E-state index is 5.83. The largest absolute Gasteiger partial charge is 0.379 e. The van der Waals surface area contributed by atoms with E-state index in [2.05, 4.69) is 33.8 Å². The van der Waals surface area contributed by atoms with E-state index in [-0.39, 0.29) is 12.3 Å². The molecule has 1 aromatic rings. The van der Waals surface area contributed by atoms with Crippen molar-refractivity contribution < 1.29 is 9.47 Å². The lowest BCUT2D eigenvalue weighted by Gasteiger charge is -2.10. The van der Waals surface area contributed by atoms with Crippen LogP contribution in [0.15, 0.2) is 36.4 Å². The highest BCUT2D eigenvalue weighted by Gasteiger charge is 2.22. The Balaban J connectivity index is 1.69. The van der Waals surface area contributed by atoms with Crippen molar-refractivity contribution in [3.8, 4) is 0 Å². The van der Waals surface area contributed by atoms with Crippen molar-refractivity contribution in [1.29, 1.82) is 0 Å². The second-order valence-corrected chi connectivity index (χ2v) is 5.04. The average Bonchev–Trinajstić information content (AvgIpc) is 2.91. The van der Waals surface area contributed by atoms with Gasteiger partial charge < -0.3 is 9.47 Å². The summed E-state index contributed by atoms with van der Waals surface area (Å²) in [5.41, 5.74) is 1.18. The lowest BCUT2D eigenvalue weighted by atomic mass is 10.2. The molecule has 0 spiro atoms. The number of benzene rings is 1. The second-order valence-electron chi connectivity index (χ2n) is 4.54. The molecule has 0 aliphatic carbocycles. The molecule has 0 amide bonds. The molecule has 2 atom stereocenters. The Morgan fingerprint density at radius 1 is 1.37 bits per heavy atom. The van der Waals surface area contributed by atoms with Crippen molar-refractivity contribution in [1.82, 2.24) is 5.32 Å². The fourth-order valence-electron chi connectivity index (χ4n) is 1.91. The van der Waals surface area contributed by atoms with E-state index < -0.39 is 0 Å². The molecule has 1 aliphatic heterocycles. The molecule has 19 heavy (non-hydrogen) atoms. The average molecular weight is 274 g/mol. The van der Waals surface area contributed by atoms with Crippen molar-refractivity contribution in [2.45, 2.75) is 24.8 Å². The molecule has 1 aliphatic rings. The molecular formula is C15H20NO2Si. The SMILES string of the molecule is [Si]CCCOCC1CNC(/C=C/c2ccccc2)O1. The van der Waals surface area contributed by atoms with Gasteiger partial charge in [-0.25, -0.2) is 0 Å². The third-order valence-electron chi connectivity index (χ3n) is 2.92. The first-order valence-corrected chi connectivity index (χ1v) is 7.43. The molecular weight excluding hydrogens is 254 g/mol. The summed E-state index contributed by atoms with van der Waals surface area (Å²) in [4.78, 5) is 0. The summed E-state index contributed by atoms with van der Waals surface area (Å²) in [6.07, 6.45) is 5.30. The predicted molar refractivity (Wildman–Crippen MR) is 78.1 cm³/mol. The molecule has 1 heterocycles. The predicted octanol–water partition coefficient (Wildman–Crippen LogP) is 2.01. The van der Waals surface area contributed by atoms with Crippen LogP contribution in [0.3, 0.4) is 0 Å². The van der Waals surface area contributed by atoms with E-state index in [1.54, 1.807) is 0 Å². The molecule has 101 valence electrons. The minimum absolute atomic E-state index is 0.00962. The van der Waals surface area contributed by atoms with Crippen LogP contribution in [-0.4, -0.2) is 42.3 Å². The van der Waals surface area contributed by atoms with Crippen LogP contribution < -0.4 is 5.32 Å². The van der Waals surface area contributed by atoms with Gasteiger partial charge in [0.25, 0.3) is 0 Å². The monoisotopic (exact) mass is 274 g/mol. The molecule has 0 aromatic heterocycles. The van der Waals surface area contributed by atoms with E-state index in [1.165, 1.54) is 5.56 Å². The zero-order valence-corrected chi connectivity index (χ0v) is 12.0. The lowest BCUT2D eigenvalue weighted by molar-refractivity contribution is 0.00118. The molecule has 0 saturated carbocycles. The third-order valence-corrected chi connectivity index (χ3v) is 3.27. The lowest BCUT2D eigenvalue weighted by Crippen LogP contribution is -2.20. The molecule has 1 saturated heterocycles. The fourth-order valence-corrected chi connectivity index (χ4v) is 2.06. The van der Waals surface area contributed by atoms with Gasteiger partial charge in [0, 0.05) is 23.4 Å². The molecule has 2 unspecified atom stereocenters. The Kier molecular flexibility index (Phi) is 6.30. The van der Waals surface area contributed by atoms with E-state index in [0.717, 1.165) is 25.6 Å². The van der Waals surface area contributed by atoms with Gasteiger partial charge in [-0.1, -0.05) is 42.5 Å². The zero-order chi connectivity index (χ0) is 13.3. The molecule has 1 N–H and O–H groups in total. The van der Waals surface area contributed by atoms with Gasteiger partial charge in [0.15, 0.2) is 0 Å². The van der Waals surface area contributed by atoms with Gasteiger partial charge in [0.05, 0.1) is 12.7 Å². The Hall–Kier alpha value is -0.943. The Labute approximate surface area is 118 Å². The molecule has 2 rings (SSSR count). The van der Waals surface area contributed by atoms with Crippen molar-refractivity contribution in [3.63, 3.8) is 0 Å². The van der Waals surface area contributed by atoms with Crippen LogP contribution in [0, 0.1) is 0 Å². The standard InChI is InChI=1S/C15H20NO2Si/c19-10-4-9-17-12-14-11-16-15(18-14)8-7-13-5-2-1-3-6-13/h1-3,5-8,14-16H,4,9-12H2/b8-7+. The highest BCUT2D eigenvalue weighted by atomic mass is 28.1. The van der Waals surface area contributed by atoms with Crippen molar-refractivity contribution in [2.24, 2.45) is 0 Å². The normalized spacial score (nSPS) is 23.2. The van der Waals surface area contributed by atoms with Gasteiger partial charge in [0.2, 0.25) is 0 Å². The van der Waals surface area contributed by atoms with Crippen molar-refractivity contribution >= 4 is 16.3 Å². The summed E-state index contributed by atoms with van der Waals surface area (Å²) in [7, 11) is 3.43. The third kappa shape index (κ3) is 5.28. The summed E-state index contributed by atoms with van der Waals surface area (Å²) in [5, 5.41) is 3.32. The highest BCUT2D eigenvalue weighted by molar-refractivity contribution is 6.08.